The van der Waals surface area contributed by atoms with Gasteiger partial charge in [0.2, 0.25) is 5.91 Å². The van der Waals surface area contributed by atoms with Crippen molar-refractivity contribution in [2.24, 2.45) is 11.8 Å². The van der Waals surface area contributed by atoms with Crippen molar-refractivity contribution in [1.29, 1.82) is 0 Å². The van der Waals surface area contributed by atoms with E-state index in [0.717, 1.165) is 19.5 Å². The highest BCUT2D eigenvalue weighted by Gasteiger charge is 2.29. The lowest BCUT2D eigenvalue weighted by atomic mass is 9.83. The molecule has 2 rings (SSSR count). The van der Waals surface area contributed by atoms with Gasteiger partial charge < -0.3 is 10.0 Å². The molecule has 1 aliphatic heterocycles. The maximum atomic E-state index is 11.9. The minimum Gasteiger partial charge on any atom is -0.481 e. The van der Waals surface area contributed by atoms with Gasteiger partial charge in [0.25, 0.3) is 0 Å². The van der Waals surface area contributed by atoms with Gasteiger partial charge in [-0.1, -0.05) is 6.42 Å². The lowest BCUT2D eigenvalue weighted by Gasteiger charge is -2.27. The average Bonchev–Trinajstić information content (AvgIpc) is 2.69. The zero-order valence-corrected chi connectivity index (χ0v) is 10.2. The van der Waals surface area contributed by atoms with Crippen LogP contribution in [0.25, 0.3) is 0 Å². The quantitative estimate of drug-likeness (QED) is 0.797. The van der Waals surface area contributed by atoms with Gasteiger partial charge in [0, 0.05) is 25.9 Å². The Morgan fingerprint density at radius 3 is 2.53 bits per heavy atom. The smallest absolute Gasteiger partial charge is 0.303 e. The minimum absolute atomic E-state index is 0.231. The molecule has 1 unspecified atom stereocenters. The number of rotatable bonds is 5. The second-order valence-electron chi connectivity index (χ2n) is 5.43. The van der Waals surface area contributed by atoms with Crippen LogP contribution < -0.4 is 0 Å². The zero-order valence-electron chi connectivity index (χ0n) is 10.2. The maximum Gasteiger partial charge on any atom is 0.303 e. The van der Waals surface area contributed by atoms with E-state index >= 15 is 0 Å². The van der Waals surface area contributed by atoms with Gasteiger partial charge in [-0.2, -0.15) is 0 Å². The Kier molecular flexibility index (Phi) is 4.02. The zero-order chi connectivity index (χ0) is 12.3. The number of carbonyl (C=O) groups is 2. The molecule has 1 saturated carbocycles. The lowest BCUT2D eigenvalue weighted by Crippen LogP contribution is -2.31. The molecule has 0 radical (unpaired) electrons. The SMILES string of the molecule is O=C(O)CCC1CCN(C(=O)CC2CCC2)C1. The lowest BCUT2D eigenvalue weighted by molar-refractivity contribution is -0.137. The molecule has 96 valence electrons. The van der Waals surface area contributed by atoms with Crippen molar-refractivity contribution in [2.75, 3.05) is 13.1 Å². The topological polar surface area (TPSA) is 57.6 Å². The van der Waals surface area contributed by atoms with Crippen LogP contribution in [0.2, 0.25) is 0 Å². The second-order valence-corrected chi connectivity index (χ2v) is 5.43. The highest BCUT2D eigenvalue weighted by molar-refractivity contribution is 5.76. The Morgan fingerprint density at radius 2 is 1.94 bits per heavy atom. The predicted octanol–water partition coefficient (Wildman–Crippen LogP) is 1.89. The minimum atomic E-state index is -0.732. The fourth-order valence-electron chi connectivity index (χ4n) is 2.70. The Morgan fingerprint density at radius 1 is 1.18 bits per heavy atom. The van der Waals surface area contributed by atoms with Crippen molar-refractivity contribution < 1.29 is 14.7 Å². The van der Waals surface area contributed by atoms with E-state index in [0.29, 0.717) is 24.7 Å². The molecule has 0 aromatic heterocycles. The molecule has 17 heavy (non-hydrogen) atoms. The first-order chi connectivity index (χ1) is 8.15. The van der Waals surface area contributed by atoms with E-state index in [1.54, 1.807) is 0 Å². The first kappa shape index (κ1) is 12.4. The molecule has 1 amide bonds. The summed E-state index contributed by atoms with van der Waals surface area (Å²) in [5.74, 6) is 0.578. The van der Waals surface area contributed by atoms with Crippen LogP contribution >= 0.6 is 0 Å². The van der Waals surface area contributed by atoms with Crippen LogP contribution in [-0.4, -0.2) is 35.0 Å². The van der Waals surface area contributed by atoms with Gasteiger partial charge in [0.05, 0.1) is 0 Å². The molecule has 4 heteroatoms. The van der Waals surface area contributed by atoms with Crippen LogP contribution in [-0.2, 0) is 9.59 Å². The summed E-state index contributed by atoms with van der Waals surface area (Å²) in [4.78, 5) is 24.4. The van der Waals surface area contributed by atoms with E-state index in [2.05, 4.69) is 0 Å². The third-order valence-corrected chi connectivity index (χ3v) is 4.09. The molecule has 1 saturated heterocycles. The molecule has 1 aliphatic carbocycles. The molecule has 2 fully saturated rings. The molecular formula is C13H21NO3. The van der Waals surface area contributed by atoms with Crippen LogP contribution in [0.1, 0.15) is 44.9 Å². The fraction of sp³-hybridized carbons (Fsp3) is 0.846. The highest BCUT2D eigenvalue weighted by atomic mass is 16.4. The van der Waals surface area contributed by atoms with Crippen molar-refractivity contribution in [3.8, 4) is 0 Å². The van der Waals surface area contributed by atoms with Gasteiger partial charge in [0.1, 0.15) is 0 Å². The predicted molar refractivity (Wildman–Crippen MR) is 63.5 cm³/mol. The number of aliphatic carboxylic acids is 1. The summed E-state index contributed by atoms with van der Waals surface area (Å²) in [6, 6.07) is 0. The summed E-state index contributed by atoms with van der Waals surface area (Å²) < 4.78 is 0. The van der Waals surface area contributed by atoms with E-state index in [1.807, 2.05) is 4.90 Å². The number of carboxylic acids is 1. The number of nitrogens with zero attached hydrogens (tertiary/aromatic N) is 1. The maximum absolute atomic E-state index is 11.9. The van der Waals surface area contributed by atoms with Gasteiger partial charge in [-0.25, -0.2) is 0 Å². The van der Waals surface area contributed by atoms with Crippen LogP contribution in [0.4, 0.5) is 0 Å². The Balaban J connectivity index is 1.69. The van der Waals surface area contributed by atoms with E-state index < -0.39 is 5.97 Å². The standard InChI is InChI=1S/C13H21NO3/c15-12(8-10-2-1-3-10)14-7-6-11(9-14)4-5-13(16)17/h10-11H,1-9H2,(H,16,17). The number of likely N-dealkylation sites (tertiary alicyclic amines) is 1. The van der Waals surface area contributed by atoms with E-state index in [4.69, 9.17) is 5.11 Å². The van der Waals surface area contributed by atoms with Gasteiger partial charge in [-0.05, 0) is 37.5 Å². The second kappa shape index (κ2) is 5.52. The first-order valence-electron chi connectivity index (χ1n) is 6.64. The molecule has 0 spiro atoms. The third kappa shape index (κ3) is 3.45. The molecule has 0 aromatic rings. The Bertz CT molecular complexity index is 299. The molecule has 1 heterocycles. The summed E-state index contributed by atoms with van der Waals surface area (Å²) in [6.45, 7) is 1.61. The average molecular weight is 239 g/mol. The third-order valence-electron chi connectivity index (χ3n) is 4.09. The normalized spacial score (nSPS) is 24.7. The summed E-state index contributed by atoms with van der Waals surface area (Å²) in [6.07, 6.45) is 6.33. The van der Waals surface area contributed by atoms with Crippen LogP contribution in [0, 0.1) is 11.8 Å². The number of carboxylic acid groups (broad SMARTS) is 1. The fourth-order valence-corrected chi connectivity index (χ4v) is 2.70. The van der Waals surface area contributed by atoms with Gasteiger partial charge in [0.15, 0.2) is 0 Å². The number of hydrogen-bond acceptors (Lipinski definition) is 2. The van der Waals surface area contributed by atoms with Gasteiger partial charge in [-0.3, -0.25) is 9.59 Å². The molecule has 0 bridgehead atoms. The largest absolute Gasteiger partial charge is 0.481 e. The van der Waals surface area contributed by atoms with Crippen molar-refractivity contribution in [3.05, 3.63) is 0 Å². The molecule has 1 atom stereocenters. The number of carbonyl (C=O) groups excluding carboxylic acids is 1. The molecule has 1 N–H and O–H groups in total. The van der Waals surface area contributed by atoms with Crippen molar-refractivity contribution in [1.82, 2.24) is 4.90 Å². The van der Waals surface area contributed by atoms with Crippen LogP contribution in [0.15, 0.2) is 0 Å². The summed E-state index contributed by atoms with van der Waals surface area (Å²) in [7, 11) is 0. The summed E-state index contributed by atoms with van der Waals surface area (Å²) in [5, 5.41) is 8.63. The summed E-state index contributed by atoms with van der Waals surface area (Å²) in [5.41, 5.74) is 0. The Hall–Kier alpha value is -1.06. The van der Waals surface area contributed by atoms with Crippen LogP contribution in [0.3, 0.4) is 0 Å². The van der Waals surface area contributed by atoms with Crippen LogP contribution in [0.5, 0.6) is 0 Å². The summed E-state index contributed by atoms with van der Waals surface area (Å²) >= 11 is 0. The van der Waals surface area contributed by atoms with Gasteiger partial charge >= 0.3 is 5.97 Å². The van der Waals surface area contributed by atoms with E-state index in [1.165, 1.54) is 19.3 Å². The highest BCUT2D eigenvalue weighted by Crippen LogP contribution is 2.31. The van der Waals surface area contributed by atoms with E-state index in [9.17, 15) is 9.59 Å². The number of hydrogen-bond donors (Lipinski definition) is 1. The van der Waals surface area contributed by atoms with Gasteiger partial charge in [-0.15, -0.1) is 0 Å². The first-order valence-corrected chi connectivity index (χ1v) is 6.64. The monoisotopic (exact) mass is 239 g/mol. The van der Waals surface area contributed by atoms with Crippen molar-refractivity contribution in [3.63, 3.8) is 0 Å². The van der Waals surface area contributed by atoms with E-state index in [-0.39, 0.29) is 12.3 Å². The molecule has 2 aliphatic rings. The Labute approximate surface area is 102 Å². The van der Waals surface area contributed by atoms with Crippen molar-refractivity contribution >= 4 is 11.9 Å². The molecular weight excluding hydrogens is 218 g/mol. The number of amides is 1. The molecule has 4 nitrogen and oxygen atoms in total. The van der Waals surface area contributed by atoms with Crippen molar-refractivity contribution in [2.45, 2.75) is 44.9 Å². The molecule has 0 aromatic carbocycles.